The summed E-state index contributed by atoms with van der Waals surface area (Å²) < 4.78 is 7.54. The monoisotopic (exact) mass is 239 g/mol. The molecule has 0 spiro atoms. The maximum absolute atomic E-state index is 5.69. The summed E-state index contributed by atoms with van der Waals surface area (Å²) in [5.41, 5.74) is 1.26. The van der Waals surface area contributed by atoms with Crippen molar-refractivity contribution in [2.75, 3.05) is 13.2 Å². The van der Waals surface area contributed by atoms with E-state index >= 15 is 0 Å². The lowest BCUT2D eigenvalue weighted by Crippen LogP contribution is -2.41. The fourth-order valence-corrected chi connectivity index (χ4v) is 1.94. The highest BCUT2D eigenvalue weighted by Gasteiger charge is 2.17. The molecule has 0 fully saturated rings. The molecule has 4 nitrogen and oxygen atoms in total. The maximum Gasteiger partial charge on any atom is 0.0703 e. The smallest absolute Gasteiger partial charge is 0.0703 e. The Morgan fingerprint density at radius 3 is 2.76 bits per heavy atom. The highest BCUT2D eigenvalue weighted by Crippen LogP contribution is 2.08. The zero-order valence-corrected chi connectivity index (χ0v) is 11.4. The highest BCUT2D eigenvalue weighted by molar-refractivity contribution is 5.06. The Morgan fingerprint density at radius 2 is 2.24 bits per heavy atom. The minimum atomic E-state index is 0.228. The number of ether oxygens (including phenoxy) is 1. The summed E-state index contributed by atoms with van der Waals surface area (Å²) in [6.45, 7) is 8.14. The van der Waals surface area contributed by atoms with Crippen LogP contribution in [0.25, 0.3) is 0 Å². The van der Waals surface area contributed by atoms with Crippen molar-refractivity contribution in [3.8, 4) is 0 Å². The van der Waals surface area contributed by atoms with Crippen LogP contribution in [0.15, 0.2) is 12.4 Å². The molecule has 0 aliphatic heterocycles. The van der Waals surface area contributed by atoms with Gasteiger partial charge in [0.2, 0.25) is 0 Å². The van der Waals surface area contributed by atoms with Crippen LogP contribution in [0.2, 0.25) is 0 Å². The molecule has 98 valence electrons. The Morgan fingerprint density at radius 1 is 1.47 bits per heavy atom. The van der Waals surface area contributed by atoms with E-state index in [1.54, 1.807) is 0 Å². The molecule has 0 saturated carbocycles. The fourth-order valence-electron chi connectivity index (χ4n) is 1.94. The zero-order chi connectivity index (χ0) is 12.7. The lowest BCUT2D eigenvalue weighted by molar-refractivity contribution is 0.0476. The van der Waals surface area contributed by atoms with Crippen LogP contribution in [-0.4, -0.2) is 35.1 Å². The Hall–Kier alpha value is -0.870. The molecular weight excluding hydrogens is 214 g/mol. The highest BCUT2D eigenvalue weighted by atomic mass is 16.5. The molecule has 0 aliphatic carbocycles. The van der Waals surface area contributed by atoms with Gasteiger partial charge in [-0.15, -0.1) is 0 Å². The normalized spacial score (nSPS) is 14.8. The first-order chi connectivity index (χ1) is 8.17. The number of aromatic nitrogens is 2. The molecule has 17 heavy (non-hydrogen) atoms. The summed E-state index contributed by atoms with van der Waals surface area (Å²) in [6, 6.07) is 0.360. The van der Waals surface area contributed by atoms with Gasteiger partial charge in [-0.1, -0.05) is 6.92 Å². The van der Waals surface area contributed by atoms with Crippen molar-refractivity contribution in [1.29, 1.82) is 0 Å². The Kier molecular flexibility index (Phi) is 6.22. The second-order valence-corrected chi connectivity index (χ2v) is 4.45. The van der Waals surface area contributed by atoms with Crippen LogP contribution < -0.4 is 5.32 Å². The second kappa shape index (κ2) is 7.45. The molecule has 0 amide bonds. The summed E-state index contributed by atoms with van der Waals surface area (Å²) in [6.07, 6.45) is 6.34. The van der Waals surface area contributed by atoms with Gasteiger partial charge in [-0.3, -0.25) is 4.68 Å². The second-order valence-electron chi connectivity index (χ2n) is 4.45. The van der Waals surface area contributed by atoms with Gasteiger partial charge in [-0.05, 0) is 38.8 Å². The quantitative estimate of drug-likeness (QED) is 0.751. The summed E-state index contributed by atoms with van der Waals surface area (Å²) in [5.74, 6) is 0. The number of hydrogen-bond donors (Lipinski definition) is 1. The summed E-state index contributed by atoms with van der Waals surface area (Å²) in [5, 5.41) is 7.75. The van der Waals surface area contributed by atoms with E-state index in [1.807, 2.05) is 24.9 Å². The minimum absolute atomic E-state index is 0.228. The third-order valence-corrected chi connectivity index (χ3v) is 2.87. The lowest BCUT2D eigenvalue weighted by atomic mass is 10.0. The average Bonchev–Trinajstić information content (AvgIpc) is 2.70. The van der Waals surface area contributed by atoms with E-state index in [0.717, 1.165) is 26.0 Å². The van der Waals surface area contributed by atoms with Gasteiger partial charge in [0.1, 0.15) is 0 Å². The standard InChI is InChI=1S/C13H25N3O/c1-5-7-14-13(11(3)17-6-2)8-12-9-15-16(4)10-12/h9-11,13-14H,5-8H2,1-4H3. The van der Waals surface area contributed by atoms with Crippen molar-refractivity contribution in [3.05, 3.63) is 18.0 Å². The van der Waals surface area contributed by atoms with E-state index in [4.69, 9.17) is 4.74 Å². The molecule has 4 heteroatoms. The zero-order valence-electron chi connectivity index (χ0n) is 11.4. The van der Waals surface area contributed by atoms with Crippen LogP contribution in [-0.2, 0) is 18.2 Å². The fraction of sp³-hybridized carbons (Fsp3) is 0.769. The lowest BCUT2D eigenvalue weighted by Gasteiger charge is -2.24. The Bertz CT molecular complexity index is 311. The summed E-state index contributed by atoms with van der Waals surface area (Å²) in [7, 11) is 1.95. The van der Waals surface area contributed by atoms with Gasteiger partial charge in [0.15, 0.2) is 0 Å². The predicted molar refractivity (Wildman–Crippen MR) is 70.1 cm³/mol. The molecule has 1 aromatic rings. The SMILES string of the molecule is CCCNC(Cc1cnn(C)c1)C(C)OCC. The number of hydrogen-bond acceptors (Lipinski definition) is 3. The van der Waals surface area contributed by atoms with Crippen molar-refractivity contribution >= 4 is 0 Å². The molecule has 1 aromatic heterocycles. The number of rotatable bonds is 8. The van der Waals surface area contributed by atoms with E-state index in [2.05, 4.69) is 30.5 Å². The number of nitrogens with one attached hydrogen (secondary N) is 1. The first kappa shape index (κ1) is 14.2. The van der Waals surface area contributed by atoms with Crippen LogP contribution in [0.1, 0.15) is 32.8 Å². The van der Waals surface area contributed by atoms with Crippen molar-refractivity contribution in [2.45, 2.75) is 45.8 Å². The first-order valence-electron chi connectivity index (χ1n) is 6.49. The van der Waals surface area contributed by atoms with E-state index in [9.17, 15) is 0 Å². The van der Waals surface area contributed by atoms with Gasteiger partial charge in [0, 0.05) is 25.9 Å². The summed E-state index contributed by atoms with van der Waals surface area (Å²) >= 11 is 0. The molecule has 0 bridgehead atoms. The van der Waals surface area contributed by atoms with Gasteiger partial charge >= 0.3 is 0 Å². The molecule has 1 heterocycles. The van der Waals surface area contributed by atoms with Crippen LogP contribution in [0.3, 0.4) is 0 Å². The van der Waals surface area contributed by atoms with E-state index in [1.165, 1.54) is 5.56 Å². The van der Waals surface area contributed by atoms with Crippen molar-refractivity contribution in [1.82, 2.24) is 15.1 Å². The molecule has 0 saturated heterocycles. The van der Waals surface area contributed by atoms with Crippen molar-refractivity contribution in [3.63, 3.8) is 0 Å². The predicted octanol–water partition coefficient (Wildman–Crippen LogP) is 1.76. The first-order valence-corrected chi connectivity index (χ1v) is 6.49. The molecule has 0 aromatic carbocycles. The van der Waals surface area contributed by atoms with Gasteiger partial charge < -0.3 is 10.1 Å². The third kappa shape index (κ3) is 4.88. The minimum Gasteiger partial charge on any atom is -0.377 e. The van der Waals surface area contributed by atoms with Crippen molar-refractivity contribution < 1.29 is 4.74 Å². The average molecular weight is 239 g/mol. The largest absolute Gasteiger partial charge is 0.377 e. The van der Waals surface area contributed by atoms with Gasteiger partial charge in [-0.2, -0.15) is 5.10 Å². The van der Waals surface area contributed by atoms with E-state index in [-0.39, 0.29) is 6.10 Å². The molecule has 0 aliphatic rings. The molecule has 2 atom stereocenters. The molecule has 1 N–H and O–H groups in total. The Labute approximate surface area is 104 Å². The van der Waals surface area contributed by atoms with Crippen LogP contribution in [0, 0.1) is 0 Å². The van der Waals surface area contributed by atoms with Gasteiger partial charge in [0.05, 0.1) is 12.3 Å². The number of nitrogens with zero attached hydrogens (tertiary/aromatic N) is 2. The molecule has 0 radical (unpaired) electrons. The van der Waals surface area contributed by atoms with Crippen molar-refractivity contribution in [2.24, 2.45) is 7.05 Å². The topological polar surface area (TPSA) is 39.1 Å². The molecule has 1 rings (SSSR count). The molecular formula is C13H25N3O. The third-order valence-electron chi connectivity index (χ3n) is 2.87. The summed E-state index contributed by atoms with van der Waals surface area (Å²) in [4.78, 5) is 0. The van der Waals surface area contributed by atoms with E-state index < -0.39 is 0 Å². The van der Waals surface area contributed by atoms with Gasteiger partial charge in [-0.25, -0.2) is 0 Å². The number of aryl methyl sites for hydroxylation is 1. The Balaban J connectivity index is 2.55. The molecule has 2 unspecified atom stereocenters. The van der Waals surface area contributed by atoms with Gasteiger partial charge in [0.25, 0.3) is 0 Å². The van der Waals surface area contributed by atoms with E-state index in [0.29, 0.717) is 6.04 Å². The van der Waals surface area contributed by atoms with Crippen LogP contribution in [0.4, 0.5) is 0 Å². The van der Waals surface area contributed by atoms with Crippen LogP contribution in [0.5, 0.6) is 0 Å². The maximum atomic E-state index is 5.69. The van der Waals surface area contributed by atoms with Crippen LogP contribution >= 0.6 is 0 Å².